The van der Waals surface area contributed by atoms with E-state index in [0.717, 1.165) is 86.5 Å². The van der Waals surface area contributed by atoms with Crippen molar-refractivity contribution in [1.82, 2.24) is 45.4 Å². The summed E-state index contributed by atoms with van der Waals surface area (Å²) in [5.74, 6) is 0.867. The van der Waals surface area contributed by atoms with Crippen LogP contribution in [0.4, 0.5) is 4.79 Å². The lowest BCUT2D eigenvalue weighted by Gasteiger charge is -2.35. The number of nitrogens with zero attached hydrogens (tertiary/aromatic N) is 5. The van der Waals surface area contributed by atoms with E-state index in [0.29, 0.717) is 18.9 Å². The molecule has 3 aromatic heterocycles. The largest absolute Gasteiger partial charge is 0.453 e. The van der Waals surface area contributed by atoms with E-state index in [1.54, 1.807) is 4.90 Å². The molecule has 2 aliphatic heterocycles. The predicted molar refractivity (Wildman–Crippen MR) is 227 cm³/mol. The van der Waals surface area contributed by atoms with E-state index in [1.165, 1.54) is 14.0 Å². The van der Waals surface area contributed by atoms with Crippen molar-refractivity contribution in [2.75, 3.05) is 20.2 Å². The number of hydrogen-bond acceptors (Lipinski definition) is 8. The van der Waals surface area contributed by atoms with Gasteiger partial charge in [0, 0.05) is 42.0 Å². The number of benzene rings is 3. The van der Waals surface area contributed by atoms with Crippen molar-refractivity contribution in [3.8, 4) is 11.3 Å². The molecule has 5 heterocycles. The van der Waals surface area contributed by atoms with Crippen LogP contribution < -0.4 is 10.6 Å². The second-order valence-electron chi connectivity index (χ2n) is 18.2. The highest BCUT2D eigenvalue weighted by molar-refractivity contribution is 6.06. The van der Waals surface area contributed by atoms with Gasteiger partial charge in [0.25, 0.3) is 0 Å². The Hall–Kier alpha value is -6.05. The van der Waals surface area contributed by atoms with Gasteiger partial charge in [-0.15, -0.1) is 0 Å². The molecular weight excluding hydrogens is 747 g/mol. The van der Waals surface area contributed by atoms with E-state index in [-0.39, 0.29) is 29.8 Å². The van der Waals surface area contributed by atoms with Crippen molar-refractivity contribution in [2.45, 2.75) is 98.3 Å². The molecule has 59 heavy (non-hydrogen) atoms. The molecule has 0 spiro atoms. The molecule has 0 unspecified atom stereocenters. The van der Waals surface area contributed by atoms with Crippen LogP contribution in [0.15, 0.2) is 54.6 Å². The molecule has 0 saturated carbocycles. The van der Waals surface area contributed by atoms with Gasteiger partial charge in [-0.05, 0) is 83.9 Å². The van der Waals surface area contributed by atoms with Gasteiger partial charge in [-0.2, -0.15) is 0 Å². The number of pyridine rings is 1. The molecular formula is C45H53N9O5. The van der Waals surface area contributed by atoms with Gasteiger partial charge in [0.15, 0.2) is 5.82 Å². The number of aromatic amines is 2. The maximum atomic E-state index is 13.9. The summed E-state index contributed by atoms with van der Waals surface area (Å²) in [4.78, 5) is 77.8. The molecule has 6 aromatic rings. The van der Waals surface area contributed by atoms with Crippen LogP contribution >= 0.6 is 0 Å². The minimum absolute atomic E-state index is 0.0866. The smallest absolute Gasteiger partial charge is 0.407 e. The number of methoxy groups -OCH3 is 1. The van der Waals surface area contributed by atoms with Crippen molar-refractivity contribution in [3.63, 3.8) is 0 Å². The molecule has 0 aliphatic carbocycles. The molecule has 14 heteroatoms. The Morgan fingerprint density at radius 3 is 2.05 bits per heavy atom. The number of carbonyl (C=O) groups excluding carboxylic acids is 4. The Kier molecular flexibility index (Phi) is 10.1. The quantitative estimate of drug-likeness (QED) is 0.129. The van der Waals surface area contributed by atoms with E-state index in [9.17, 15) is 19.2 Å². The molecule has 0 radical (unpaired) electrons. The van der Waals surface area contributed by atoms with Crippen molar-refractivity contribution in [3.05, 3.63) is 66.2 Å². The molecule has 14 nitrogen and oxygen atoms in total. The van der Waals surface area contributed by atoms with Gasteiger partial charge in [0.05, 0.1) is 35.7 Å². The first-order valence-corrected chi connectivity index (χ1v) is 20.5. The lowest BCUT2D eigenvalue weighted by Crippen LogP contribution is -2.54. The number of nitrogens with one attached hydrogen (secondary N) is 4. The molecule has 4 N–H and O–H groups in total. The molecule has 4 amide bonds. The Bertz CT molecular complexity index is 2630. The van der Waals surface area contributed by atoms with Gasteiger partial charge in [-0.25, -0.2) is 19.7 Å². The second kappa shape index (κ2) is 15.0. The fraction of sp³-hybridized carbons (Fsp3) is 0.444. The van der Waals surface area contributed by atoms with Crippen LogP contribution in [0.5, 0.6) is 0 Å². The van der Waals surface area contributed by atoms with Crippen molar-refractivity contribution in [1.29, 1.82) is 0 Å². The van der Waals surface area contributed by atoms with Crippen molar-refractivity contribution in [2.24, 2.45) is 10.8 Å². The first-order valence-electron chi connectivity index (χ1n) is 20.5. The van der Waals surface area contributed by atoms with Crippen molar-refractivity contribution < 1.29 is 23.9 Å². The number of imidazole rings is 2. The van der Waals surface area contributed by atoms with Crippen LogP contribution in [0, 0.1) is 10.8 Å². The number of hydrogen-bond donors (Lipinski definition) is 4. The zero-order chi connectivity index (χ0) is 42.0. The number of aromatic nitrogens is 5. The highest BCUT2D eigenvalue weighted by Crippen LogP contribution is 2.38. The first-order chi connectivity index (χ1) is 28.0. The number of fused-ring (bicyclic) bond motifs is 6. The lowest BCUT2D eigenvalue weighted by atomic mass is 9.85. The summed E-state index contributed by atoms with van der Waals surface area (Å²) in [6, 6.07) is 16.6. The summed E-state index contributed by atoms with van der Waals surface area (Å²) >= 11 is 0. The third-order valence-corrected chi connectivity index (χ3v) is 11.8. The topological polar surface area (TPSA) is 178 Å². The maximum absolute atomic E-state index is 13.9. The van der Waals surface area contributed by atoms with Gasteiger partial charge < -0.3 is 35.1 Å². The molecule has 2 aliphatic rings. The zero-order valence-electron chi connectivity index (χ0n) is 35.0. The number of ether oxygens (including phenoxy) is 1. The fourth-order valence-corrected chi connectivity index (χ4v) is 8.78. The molecule has 2 fully saturated rings. The minimum atomic E-state index is -0.767. The Labute approximate surface area is 342 Å². The lowest BCUT2D eigenvalue weighted by molar-refractivity contribution is -0.140. The van der Waals surface area contributed by atoms with E-state index < -0.39 is 29.0 Å². The van der Waals surface area contributed by atoms with Crippen LogP contribution in [-0.2, 0) is 19.1 Å². The SMILES string of the molecule is COC(=O)N[C@H](C(=O)N1CCC[C@H]1c1nc2ccc3[nH]c(-c4ccc5c(ccc6[nH]c([C@@H]7CCCN7C(=O)[C@@H](NC(C)=O)C(C)(C)C)nc65)c4)ccc3c2n1)C(C)(C)C. The van der Waals surface area contributed by atoms with Crippen molar-refractivity contribution >= 4 is 67.6 Å². The summed E-state index contributed by atoms with van der Waals surface area (Å²) in [6.45, 7) is 14.3. The number of likely N-dealkylation sites (tertiary alicyclic amines) is 2. The van der Waals surface area contributed by atoms with Crippen LogP contribution in [0.1, 0.15) is 97.9 Å². The number of H-pyrrole nitrogens is 2. The number of alkyl carbamates (subject to hydrolysis) is 1. The Morgan fingerprint density at radius 2 is 1.37 bits per heavy atom. The van der Waals surface area contributed by atoms with Crippen LogP contribution in [0.2, 0.25) is 0 Å². The average Bonchev–Trinajstić information content (AvgIpc) is 4.02. The van der Waals surface area contributed by atoms with E-state index in [2.05, 4.69) is 57.0 Å². The summed E-state index contributed by atoms with van der Waals surface area (Å²) < 4.78 is 4.83. The van der Waals surface area contributed by atoms with Gasteiger partial charge in [0.2, 0.25) is 17.7 Å². The standard InChI is InChI=1S/C45H53N9O5/c1-24(55)46-37(44(2,3)4)41(56)53-21-9-11-33(53)39-48-31-17-14-25-23-26(13-15-27(25)35(31)50-39)29-18-16-28-30(47-29)19-20-32-36(28)51-40(49-32)34-12-10-22-54(34)42(57)38(45(5,6)7)52-43(58)59-8/h13-20,23,33-34,37-38,47H,9-12,21-22H2,1-8H3,(H,46,55)(H,48,50)(H,52,58)/t33-,34-,37+,38+/m0/s1. The van der Waals surface area contributed by atoms with Gasteiger partial charge in [-0.1, -0.05) is 59.7 Å². The molecule has 308 valence electrons. The normalized spacial score (nSPS) is 18.5. The van der Waals surface area contributed by atoms with Gasteiger partial charge in [0.1, 0.15) is 23.4 Å². The molecule has 2 saturated heterocycles. The summed E-state index contributed by atoms with van der Waals surface area (Å²) in [5, 5.41) is 8.61. The second-order valence-corrected chi connectivity index (χ2v) is 18.2. The molecule has 4 atom stereocenters. The summed E-state index contributed by atoms with van der Waals surface area (Å²) in [5.41, 5.74) is 5.15. The van der Waals surface area contributed by atoms with E-state index in [4.69, 9.17) is 19.7 Å². The number of amides is 4. The highest BCUT2D eigenvalue weighted by atomic mass is 16.5. The van der Waals surface area contributed by atoms with Gasteiger partial charge in [-0.3, -0.25) is 14.4 Å². The predicted octanol–water partition coefficient (Wildman–Crippen LogP) is 7.46. The number of rotatable bonds is 7. The monoisotopic (exact) mass is 799 g/mol. The van der Waals surface area contributed by atoms with Crippen LogP contribution in [-0.4, -0.2) is 90.8 Å². The van der Waals surface area contributed by atoms with Crippen LogP contribution in [0.3, 0.4) is 0 Å². The van der Waals surface area contributed by atoms with E-state index in [1.807, 2.05) is 64.6 Å². The fourth-order valence-electron chi connectivity index (χ4n) is 8.78. The third kappa shape index (κ3) is 7.44. The maximum Gasteiger partial charge on any atom is 0.407 e. The van der Waals surface area contributed by atoms with E-state index >= 15 is 0 Å². The summed E-state index contributed by atoms with van der Waals surface area (Å²) in [7, 11) is 1.29. The zero-order valence-corrected chi connectivity index (χ0v) is 35.0. The molecule has 8 rings (SSSR count). The van der Waals surface area contributed by atoms with Crippen LogP contribution in [0.25, 0.3) is 55.0 Å². The third-order valence-electron chi connectivity index (χ3n) is 11.8. The van der Waals surface area contributed by atoms with Gasteiger partial charge >= 0.3 is 6.09 Å². The molecule has 3 aromatic carbocycles. The Balaban J connectivity index is 1.06. The minimum Gasteiger partial charge on any atom is -0.453 e. The Morgan fingerprint density at radius 1 is 0.729 bits per heavy atom. The average molecular weight is 800 g/mol. The number of carbonyl (C=O) groups is 4. The highest BCUT2D eigenvalue weighted by Gasteiger charge is 2.42. The summed E-state index contributed by atoms with van der Waals surface area (Å²) in [6.07, 6.45) is 2.55. The first kappa shape index (κ1) is 39.8. The molecule has 0 bridgehead atoms.